The largest absolute Gasteiger partial charge is 0.413 e. The van der Waals surface area contributed by atoms with Crippen LogP contribution in [0.4, 0.5) is 4.39 Å². The SMILES string of the molecule is C[NH+](Cc1cccc(F)c1)Cn1nc([C@@H]2CCS(=O)(=O)C2)oc1=S. The third kappa shape index (κ3) is 4.08. The first-order valence-corrected chi connectivity index (χ1v) is 9.89. The highest BCUT2D eigenvalue weighted by molar-refractivity contribution is 7.91. The van der Waals surface area contributed by atoms with Gasteiger partial charge in [-0.15, -0.1) is 5.10 Å². The molecule has 0 spiro atoms. The molecule has 0 aliphatic carbocycles. The molecule has 24 heavy (non-hydrogen) atoms. The van der Waals surface area contributed by atoms with Crippen molar-refractivity contribution in [2.45, 2.75) is 25.6 Å². The zero-order valence-corrected chi connectivity index (χ0v) is 14.9. The molecule has 2 aromatic rings. The van der Waals surface area contributed by atoms with Crippen molar-refractivity contribution in [2.24, 2.45) is 0 Å². The summed E-state index contributed by atoms with van der Waals surface area (Å²) in [6, 6.07) is 6.46. The van der Waals surface area contributed by atoms with Gasteiger partial charge in [-0.3, -0.25) is 0 Å². The number of quaternary nitrogens is 1. The molecular formula is C15H19FN3O3S2+. The molecule has 1 saturated heterocycles. The van der Waals surface area contributed by atoms with Crippen LogP contribution in [-0.4, -0.2) is 36.8 Å². The second-order valence-electron chi connectivity index (χ2n) is 6.23. The number of hydrogen-bond donors (Lipinski definition) is 1. The van der Waals surface area contributed by atoms with Crippen molar-refractivity contribution in [2.75, 3.05) is 18.6 Å². The van der Waals surface area contributed by atoms with Crippen LogP contribution in [-0.2, 0) is 23.1 Å². The Bertz CT molecular complexity index is 891. The molecule has 1 aromatic heterocycles. The Morgan fingerprint density at radius 1 is 1.50 bits per heavy atom. The number of benzene rings is 1. The highest BCUT2D eigenvalue weighted by Gasteiger charge is 2.32. The summed E-state index contributed by atoms with van der Waals surface area (Å²) in [4.78, 5) is 1.28. The van der Waals surface area contributed by atoms with E-state index in [0.717, 1.165) is 10.5 Å². The van der Waals surface area contributed by atoms with Gasteiger partial charge in [0, 0.05) is 5.56 Å². The summed E-state index contributed by atoms with van der Waals surface area (Å²) in [5, 5.41) is 4.34. The van der Waals surface area contributed by atoms with E-state index in [4.69, 9.17) is 16.6 Å². The Hall–Kier alpha value is -1.58. The molecule has 0 radical (unpaired) electrons. The van der Waals surface area contributed by atoms with Crippen LogP contribution in [0.1, 0.15) is 23.8 Å². The van der Waals surface area contributed by atoms with Crippen LogP contribution in [0.5, 0.6) is 0 Å². The van der Waals surface area contributed by atoms with Gasteiger partial charge >= 0.3 is 0 Å². The van der Waals surface area contributed by atoms with Crippen LogP contribution in [0.15, 0.2) is 28.7 Å². The van der Waals surface area contributed by atoms with Gasteiger partial charge in [-0.1, -0.05) is 12.1 Å². The minimum atomic E-state index is -3.00. The van der Waals surface area contributed by atoms with Crippen molar-refractivity contribution in [3.63, 3.8) is 0 Å². The van der Waals surface area contributed by atoms with Crippen molar-refractivity contribution in [1.29, 1.82) is 0 Å². The summed E-state index contributed by atoms with van der Waals surface area (Å²) in [6.07, 6.45) is 0.517. The molecule has 1 N–H and O–H groups in total. The second-order valence-corrected chi connectivity index (χ2v) is 8.81. The fourth-order valence-electron chi connectivity index (χ4n) is 2.88. The normalized spacial score (nSPS) is 21.0. The van der Waals surface area contributed by atoms with Gasteiger partial charge in [0.25, 0.3) is 4.84 Å². The van der Waals surface area contributed by atoms with Crippen molar-refractivity contribution < 1.29 is 22.1 Å². The van der Waals surface area contributed by atoms with Gasteiger partial charge in [-0.05, 0) is 30.8 Å². The first-order chi connectivity index (χ1) is 11.3. The van der Waals surface area contributed by atoms with E-state index in [2.05, 4.69) is 5.10 Å². The molecule has 6 nitrogen and oxygen atoms in total. The molecule has 1 fully saturated rings. The van der Waals surface area contributed by atoms with Gasteiger partial charge < -0.3 is 9.32 Å². The number of nitrogens with zero attached hydrogens (tertiary/aromatic N) is 2. The summed E-state index contributed by atoms with van der Waals surface area (Å²) in [5.41, 5.74) is 0.879. The lowest BCUT2D eigenvalue weighted by Gasteiger charge is -2.13. The molecule has 9 heteroatoms. The monoisotopic (exact) mass is 372 g/mol. The molecule has 3 rings (SSSR count). The molecule has 0 amide bonds. The van der Waals surface area contributed by atoms with Gasteiger partial charge in [0.05, 0.1) is 24.5 Å². The molecule has 1 aliphatic heterocycles. The van der Waals surface area contributed by atoms with Crippen LogP contribution in [0.2, 0.25) is 0 Å². The number of aromatic nitrogens is 2. The average Bonchev–Trinajstić information content (AvgIpc) is 3.02. The van der Waals surface area contributed by atoms with Crippen molar-refractivity contribution >= 4 is 22.1 Å². The second kappa shape index (κ2) is 6.73. The van der Waals surface area contributed by atoms with Gasteiger partial charge in [-0.25, -0.2) is 12.8 Å². The van der Waals surface area contributed by atoms with E-state index >= 15 is 0 Å². The number of hydrogen-bond acceptors (Lipinski definition) is 5. The summed E-state index contributed by atoms with van der Waals surface area (Å²) in [6.45, 7) is 1.07. The zero-order chi connectivity index (χ0) is 17.3. The van der Waals surface area contributed by atoms with Crippen molar-refractivity contribution in [1.82, 2.24) is 9.78 Å². The lowest BCUT2D eigenvalue weighted by atomic mass is 10.1. The highest BCUT2D eigenvalue weighted by atomic mass is 32.2. The molecule has 2 atom stereocenters. The summed E-state index contributed by atoms with van der Waals surface area (Å²) >= 11 is 5.18. The molecule has 1 aliphatic rings. The van der Waals surface area contributed by atoms with E-state index in [1.807, 2.05) is 13.1 Å². The molecule has 0 saturated carbocycles. The van der Waals surface area contributed by atoms with Crippen LogP contribution < -0.4 is 4.90 Å². The maximum absolute atomic E-state index is 13.2. The minimum Gasteiger partial charge on any atom is -0.413 e. The number of sulfone groups is 1. The predicted molar refractivity (Wildman–Crippen MR) is 88.3 cm³/mol. The quantitative estimate of drug-likeness (QED) is 0.791. The van der Waals surface area contributed by atoms with Gasteiger partial charge in [0.1, 0.15) is 12.4 Å². The third-order valence-electron chi connectivity index (χ3n) is 4.02. The van der Waals surface area contributed by atoms with E-state index in [1.165, 1.54) is 12.1 Å². The molecule has 130 valence electrons. The summed E-state index contributed by atoms with van der Waals surface area (Å²) < 4.78 is 43.4. The fourth-order valence-corrected chi connectivity index (χ4v) is 4.81. The minimum absolute atomic E-state index is 0.0638. The predicted octanol–water partition coefficient (Wildman–Crippen LogP) is 0.919. The molecule has 2 heterocycles. The van der Waals surface area contributed by atoms with Crippen LogP contribution >= 0.6 is 12.2 Å². The first kappa shape index (κ1) is 17.2. The van der Waals surface area contributed by atoms with E-state index in [1.54, 1.807) is 10.7 Å². The Balaban J connectivity index is 1.68. The lowest BCUT2D eigenvalue weighted by molar-refractivity contribution is -0.917. The smallest absolute Gasteiger partial charge is 0.291 e. The Labute approximate surface area is 144 Å². The van der Waals surface area contributed by atoms with Crippen LogP contribution in [0.25, 0.3) is 0 Å². The topological polar surface area (TPSA) is 69.5 Å². The average molecular weight is 372 g/mol. The first-order valence-electron chi connectivity index (χ1n) is 7.66. The van der Waals surface area contributed by atoms with Crippen LogP contribution in [0, 0.1) is 10.7 Å². The molecule has 1 aromatic carbocycles. The van der Waals surface area contributed by atoms with E-state index < -0.39 is 9.84 Å². The number of nitrogens with one attached hydrogen (secondary N) is 1. The van der Waals surface area contributed by atoms with E-state index in [0.29, 0.717) is 25.5 Å². The molecule has 0 bridgehead atoms. The summed E-state index contributed by atoms with van der Waals surface area (Å²) in [5.74, 6) is 0.135. The maximum atomic E-state index is 13.2. The Morgan fingerprint density at radius 3 is 2.96 bits per heavy atom. The lowest BCUT2D eigenvalue weighted by Crippen LogP contribution is -3.07. The zero-order valence-electron chi connectivity index (χ0n) is 13.2. The number of halogens is 1. The van der Waals surface area contributed by atoms with Crippen molar-refractivity contribution in [3.8, 4) is 0 Å². The van der Waals surface area contributed by atoms with Crippen molar-refractivity contribution in [3.05, 3.63) is 46.4 Å². The fraction of sp³-hybridized carbons (Fsp3) is 0.467. The van der Waals surface area contributed by atoms with E-state index in [-0.39, 0.29) is 28.1 Å². The Morgan fingerprint density at radius 2 is 2.29 bits per heavy atom. The third-order valence-corrected chi connectivity index (χ3v) is 6.08. The Kier molecular flexibility index (Phi) is 4.84. The standard InChI is InChI=1S/C15H18FN3O3S2/c1-18(8-11-3-2-4-13(16)7-11)10-19-15(23)22-14(17-19)12-5-6-24(20,21)9-12/h2-4,7,12H,5-6,8-10H2,1H3/p+1/t12-/m1/s1. The molecular weight excluding hydrogens is 353 g/mol. The maximum Gasteiger partial charge on any atom is 0.291 e. The summed E-state index contributed by atoms with van der Waals surface area (Å²) in [7, 11) is -1.05. The van der Waals surface area contributed by atoms with Gasteiger partial charge in [0.2, 0.25) is 5.89 Å². The van der Waals surface area contributed by atoms with Crippen LogP contribution in [0.3, 0.4) is 0 Å². The van der Waals surface area contributed by atoms with E-state index in [9.17, 15) is 12.8 Å². The molecule has 1 unspecified atom stereocenters. The number of rotatable bonds is 5. The highest BCUT2D eigenvalue weighted by Crippen LogP contribution is 2.27. The van der Waals surface area contributed by atoms with Gasteiger partial charge in [-0.2, -0.15) is 4.68 Å². The van der Waals surface area contributed by atoms with Gasteiger partial charge in [0.15, 0.2) is 16.5 Å².